The second-order valence-corrected chi connectivity index (χ2v) is 7.99. The second-order valence-electron chi connectivity index (χ2n) is 7.99. The minimum Gasteiger partial charge on any atom is -0.456 e. The first-order valence-corrected chi connectivity index (χ1v) is 11.0. The van der Waals surface area contributed by atoms with Gasteiger partial charge in [0.15, 0.2) is 5.43 Å². The number of carbonyl (C=O) groups is 1. The molecule has 7 heteroatoms. The number of anilines is 1. The van der Waals surface area contributed by atoms with Gasteiger partial charge in [-0.2, -0.15) is 0 Å². The number of fused-ring (bicyclic) bond motifs is 1. The van der Waals surface area contributed by atoms with E-state index in [4.69, 9.17) is 4.42 Å². The normalized spacial score (nSPS) is 10.9. The molecule has 0 aliphatic carbocycles. The molecule has 3 aromatic carbocycles. The van der Waals surface area contributed by atoms with Gasteiger partial charge in [-0.1, -0.05) is 59.8 Å². The number of rotatable bonds is 7. The van der Waals surface area contributed by atoms with E-state index in [0.717, 1.165) is 22.5 Å². The van der Waals surface area contributed by atoms with Gasteiger partial charge >= 0.3 is 0 Å². The van der Waals surface area contributed by atoms with Gasteiger partial charge in [0, 0.05) is 36.4 Å². The molecule has 0 bridgehead atoms. The molecule has 0 spiro atoms. The van der Waals surface area contributed by atoms with Crippen molar-refractivity contribution >= 4 is 22.6 Å². The standard InChI is InChI=1S/C27H22N4O3/c32-24-16-26(20-7-3-1-4-8-20)34-25-13-11-19(15-23(24)25)17-31-18-22(29-30-31)12-14-27(33)28-21-9-5-2-6-10-21/h1-11,13,15-16,18H,12,14,17H2,(H,28,33). The number of carbonyl (C=O) groups excluding carboxylic acids is 1. The van der Waals surface area contributed by atoms with Crippen LogP contribution in [-0.2, 0) is 17.8 Å². The molecule has 168 valence electrons. The molecular weight excluding hydrogens is 428 g/mol. The average Bonchev–Trinajstić information content (AvgIpc) is 3.31. The predicted octanol–water partition coefficient (Wildman–Crippen LogP) is 4.67. The Balaban J connectivity index is 1.25. The lowest BCUT2D eigenvalue weighted by Crippen LogP contribution is -2.12. The molecule has 0 saturated carbocycles. The van der Waals surface area contributed by atoms with Gasteiger partial charge in [0.2, 0.25) is 5.91 Å². The molecule has 0 fully saturated rings. The molecule has 0 aliphatic heterocycles. The molecule has 0 aliphatic rings. The summed E-state index contributed by atoms with van der Waals surface area (Å²) in [4.78, 5) is 24.9. The van der Waals surface area contributed by atoms with Crippen LogP contribution in [0.25, 0.3) is 22.3 Å². The van der Waals surface area contributed by atoms with Gasteiger partial charge in [0.25, 0.3) is 0 Å². The van der Waals surface area contributed by atoms with Gasteiger partial charge in [-0.25, -0.2) is 4.68 Å². The van der Waals surface area contributed by atoms with Crippen LogP contribution in [0.4, 0.5) is 5.69 Å². The maximum atomic E-state index is 12.7. The monoisotopic (exact) mass is 450 g/mol. The summed E-state index contributed by atoms with van der Waals surface area (Å²) in [5.74, 6) is 0.472. The lowest BCUT2D eigenvalue weighted by molar-refractivity contribution is -0.116. The Morgan fingerprint density at radius 3 is 2.50 bits per heavy atom. The zero-order valence-electron chi connectivity index (χ0n) is 18.3. The zero-order chi connectivity index (χ0) is 23.3. The van der Waals surface area contributed by atoms with Gasteiger partial charge in [-0.3, -0.25) is 9.59 Å². The van der Waals surface area contributed by atoms with E-state index < -0.39 is 0 Å². The Kier molecular flexibility index (Phi) is 5.99. The number of benzene rings is 3. The third kappa shape index (κ3) is 4.94. The summed E-state index contributed by atoms with van der Waals surface area (Å²) in [6.07, 6.45) is 2.62. The summed E-state index contributed by atoms with van der Waals surface area (Å²) >= 11 is 0. The van der Waals surface area contributed by atoms with E-state index in [9.17, 15) is 9.59 Å². The van der Waals surface area contributed by atoms with Crippen molar-refractivity contribution in [1.82, 2.24) is 15.0 Å². The van der Waals surface area contributed by atoms with Gasteiger partial charge < -0.3 is 9.73 Å². The highest BCUT2D eigenvalue weighted by Gasteiger charge is 2.10. The molecule has 0 radical (unpaired) electrons. The van der Waals surface area contributed by atoms with Gasteiger partial charge in [-0.05, 0) is 29.8 Å². The van der Waals surface area contributed by atoms with Crippen molar-refractivity contribution in [2.45, 2.75) is 19.4 Å². The number of nitrogens with one attached hydrogen (secondary N) is 1. The quantitative estimate of drug-likeness (QED) is 0.389. The van der Waals surface area contributed by atoms with Crippen molar-refractivity contribution in [3.8, 4) is 11.3 Å². The fraction of sp³-hybridized carbons (Fsp3) is 0.111. The van der Waals surface area contributed by atoms with Gasteiger partial charge in [0.1, 0.15) is 11.3 Å². The number of nitrogens with zero attached hydrogens (tertiary/aromatic N) is 3. The van der Waals surface area contributed by atoms with Crippen molar-refractivity contribution in [2.24, 2.45) is 0 Å². The van der Waals surface area contributed by atoms with Crippen LogP contribution in [0.5, 0.6) is 0 Å². The largest absolute Gasteiger partial charge is 0.456 e. The lowest BCUT2D eigenvalue weighted by atomic mass is 10.1. The van der Waals surface area contributed by atoms with Gasteiger partial charge in [0.05, 0.1) is 17.6 Å². The number of hydrogen-bond acceptors (Lipinski definition) is 5. The summed E-state index contributed by atoms with van der Waals surface area (Å²) in [5, 5.41) is 11.7. The fourth-order valence-electron chi connectivity index (χ4n) is 3.75. The highest BCUT2D eigenvalue weighted by Crippen LogP contribution is 2.22. The Hall–Kier alpha value is -4.52. The molecule has 0 saturated heterocycles. The Morgan fingerprint density at radius 1 is 0.941 bits per heavy atom. The Morgan fingerprint density at radius 2 is 1.71 bits per heavy atom. The van der Waals surface area contributed by atoms with E-state index >= 15 is 0 Å². The second kappa shape index (κ2) is 9.54. The average molecular weight is 450 g/mol. The summed E-state index contributed by atoms with van der Waals surface area (Å²) in [5.41, 5.74) is 3.72. The van der Waals surface area contributed by atoms with Crippen molar-refractivity contribution in [3.63, 3.8) is 0 Å². The number of aromatic nitrogens is 3. The summed E-state index contributed by atoms with van der Waals surface area (Å²) in [7, 11) is 0. The van der Waals surface area contributed by atoms with Crippen LogP contribution in [0, 0.1) is 0 Å². The molecule has 34 heavy (non-hydrogen) atoms. The molecular formula is C27H22N4O3. The maximum absolute atomic E-state index is 12.7. The summed E-state index contributed by atoms with van der Waals surface area (Å²) in [6, 6.07) is 26.0. The minimum absolute atomic E-state index is 0.0723. The van der Waals surface area contributed by atoms with Crippen LogP contribution in [0.15, 0.2) is 100 Å². The maximum Gasteiger partial charge on any atom is 0.224 e. The number of aryl methyl sites for hydroxylation is 1. The highest BCUT2D eigenvalue weighted by atomic mass is 16.3. The highest BCUT2D eigenvalue weighted by molar-refractivity contribution is 5.90. The van der Waals surface area contributed by atoms with Crippen LogP contribution in [0.1, 0.15) is 17.7 Å². The number of amides is 1. The first-order valence-electron chi connectivity index (χ1n) is 11.0. The number of para-hydroxylation sites is 1. The molecule has 0 unspecified atom stereocenters. The SMILES string of the molecule is O=C(CCc1cn(Cc2ccc3oc(-c4ccccc4)cc(=O)c3c2)nn1)Nc1ccccc1. The predicted molar refractivity (Wildman–Crippen MR) is 130 cm³/mol. The first kappa shape index (κ1) is 21.3. The van der Waals surface area contributed by atoms with Crippen molar-refractivity contribution in [2.75, 3.05) is 5.32 Å². The van der Waals surface area contributed by atoms with Crippen LogP contribution >= 0.6 is 0 Å². The van der Waals surface area contributed by atoms with E-state index in [1.54, 1.807) is 4.68 Å². The molecule has 0 atom stereocenters. The molecule has 2 heterocycles. The first-order chi connectivity index (χ1) is 16.6. The number of hydrogen-bond donors (Lipinski definition) is 1. The van der Waals surface area contributed by atoms with Crippen molar-refractivity contribution in [1.29, 1.82) is 0 Å². The van der Waals surface area contributed by atoms with E-state index in [1.807, 2.05) is 85.1 Å². The molecule has 1 N–H and O–H groups in total. The van der Waals surface area contributed by atoms with Crippen LogP contribution in [0.2, 0.25) is 0 Å². The van der Waals surface area contributed by atoms with Crippen LogP contribution in [0.3, 0.4) is 0 Å². The summed E-state index contributed by atoms with van der Waals surface area (Å²) in [6.45, 7) is 0.457. The molecule has 2 aromatic heterocycles. The molecule has 5 rings (SSSR count). The molecule has 7 nitrogen and oxygen atoms in total. The Bertz CT molecular complexity index is 1490. The van der Waals surface area contributed by atoms with Gasteiger partial charge in [-0.15, -0.1) is 5.10 Å². The topological polar surface area (TPSA) is 90.0 Å². The molecule has 1 amide bonds. The van der Waals surface area contributed by atoms with E-state index in [1.165, 1.54) is 6.07 Å². The van der Waals surface area contributed by atoms with Crippen molar-refractivity contribution < 1.29 is 9.21 Å². The lowest BCUT2D eigenvalue weighted by Gasteiger charge is -2.06. The van der Waals surface area contributed by atoms with Crippen molar-refractivity contribution in [3.05, 3.63) is 113 Å². The Labute approximate surface area is 195 Å². The van der Waals surface area contributed by atoms with Crippen LogP contribution < -0.4 is 10.7 Å². The zero-order valence-corrected chi connectivity index (χ0v) is 18.3. The minimum atomic E-state index is -0.0920. The van der Waals surface area contributed by atoms with E-state index in [0.29, 0.717) is 36.1 Å². The molecule has 5 aromatic rings. The fourth-order valence-corrected chi connectivity index (χ4v) is 3.75. The summed E-state index contributed by atoms with van der Waals surface area (Å²) < 4.78 is 7.66. The third-order valence-electron chi connectivity index (χ3n) is 5.45. The van der Waals surface area contributed by atoms with Crippen LogP contribution in [-0.4, -0.2) is 20.9 Å². The van der Waals surface area contributed by atoms with E-state index in [-0.39, 0.29) is 11.3 Å². The third-order valence-corrected chi connectivity index (χ3v) is 5.45. The van der Waals surface area contributed by atoms with E-state index in [2.05, 4.69) is 15.6 Å². The smallest absolute Gasteiger partial charge is 0.224 e.